The van der Waals surface area contributed by atoms with E-state index in [9.17, 15) is 0 Å². The molecule has 152 valence electrons. The third-order valence-corrected chi connectivity index (χ3v) is 5.38. The lowest BCUT2D eigenvalue weighted by Crippen LogP contribution is -2.45. The number of nitrogens with one attached hydrogen (secondary N) is 2. The van der Waals surface area contributed by atoms with E-state index in [1.54, 1.807) is 0 Å². The summed E-state index contributed by atoms with van der Waals surface area (Å²) in [6.07, 6.45) is 2.22. The number of benzene rings is 1. The van der Waals surface area contributed by atoms with Crippen LogP contribution in [-0.2, 0) is 17.8 Å². The first kappa shape index (κ1) is 20.4. The molecule has 0 radical (unpaired) electrons. The van der Waals surface area contributed by atoms with E-state index in [1.807, 2.05) is 6.07 Å². The Morgan fingerprint density at radius 1 is 1.25 bits per heavy atom. The Bertz CT molecular complexity index is 791. The summed E-state index contributed by atoms with van der Waals surface area (Å²) < 4.78 is 7.94. The normalized spacial score (nSPS) is 19.8. The molecule has 0 aliphatic carbocycles. The number of nitrogens with zero attached hydrogens (tertiary/aromatic N) is 3. The molecule has 1 aromatic heterocycles. The molecule has 1 fully saturated rings. The van der Waals surface area contributed by atoms with E-state index in [2.05, 4.69) is 67.3 Å². The summed E-state index contributed by atoms with van der Waals surface area (Å²) >= 11 is 0. The fourth-order valence-electron chi connectivity index (χ4n) is 3.62. The van der Waals surface area contributed by atoms with Crippen molar-refractivity contribution in [3.8, 4) is 0 Å². The SMILES string of the molecule is CCNC(=NCc1c(C)nn(Cc2ccccc2)c1C)NCC1(C)CCCO1. The number of aliphatic imine (C=N–C) groups is 1. The van der Waals surface area contributed by atoms with Crippen molar-refractivity contribution in [3.05, 3.63) is 52.8 Å². The van der Waals surface area contributed by atoms with Crippen LogP contribution in [-0.4, -0.2) is 41.0 Å². The molecule has 1 aliphatic heterocycles. The first-order chi connectivity index (χ1) is 13.5. The Morgan fingerprint density at radius 2 is 2.04 bits per heavy atom. The second-order valence-corrected chi connectivity index (χ2v) is 7.74. The third-order valence-electron chi connectivity index (χ3n) is 5.38. The number of hydrogen-bond donors (Lipinski definition) is 2. The van der Waals surface area contributed by atoms with Crippen LogP contribution >= 0.6 is 0 Å². The molecule has 0 spiro atoms. The molecule has 6 nitrogen and oxygen atoms in total. The number of hydrogen-bond acceptors (Lipinski definition) is 3. The van der Waals surface area contributed by atoms with Crippen LogP contribution in [0.2, 0.25) is 0 Å². The minimum Gasteiger partial charge on any atom is -0.373 e. The Hall–Kier alpha value is -2.34. The standard InChI is InChI=1S/C22H33N5O/c1-5-23-21(25-16-22(4)12-9-13-28-22)24-14-20-17(2)26-27(18(20)3)15-19-10-7-6-8-11-19/h6-8,10-11H,5,9,12-16H2,1-4H3,(H2,23,24,25). The van der Waals surface area contributed by atoms with Gasteiger partial charge in [0.1, 0.15) is 0 Å². The largest absolute Gasteiger partial charge is 0.373 e. The van der Waals surface area contributed by atoms with Crippen molar-refractivity contribution in [2.24, 2.45) is 4.99 Å². The zero-order valence-corrected chi connectivity index (χ0v) is 17.6. The molecule has 6 heteroatoms. The summed E-state index contributed by atoms with van der Waals surface area (Å²) in [5.74, 6) is 0.828. The molecule has 0 bridgehead atoms. The van der Waals surface area contributed by atoms with Crippen molar-refractivity contribution >= 4 is 5.96 Å². The van der Waals surface area contributed by atoms with Crippen molar-refractivity contribution in [2.45, 2.75) is 59.2 Å². The summed E-state index contributed by atoms with van der Waals surface area (Å²) in [4.78, 5) is 4.80. The van der Waals surface area contributed by atoms with E-state index in [4.69, 9.17) is 14.8 Å². The molecule has 2 N–H and O–H groups in total. The molecule has 0 saturated carbocycles. The highest BCUT2D eigenvalue weighted by molar-refractivity contribution is 5.79. The van der Waals surface area contributed by atoms with E-state index in [1.165, 1.54) is 16.8 Å². The molecule has 1 aromatic carbocycles. The van der Waals surface area contributed by atoms with Crippen molar-refractivity contribution in [3.63, 3.8) is 0 Å². The van der Waals surface area contributed by atoms with Crippen molar-refractivity contribution < 1.29 is 4.74 Å². The first-order valence-corrected chi connectivity index (χ1v) is 10.2. The second-order valence-electron chi connectivity index (χ2n) is 7.74. The van der Waals surface area contributed by atoms with E-state index in [0.29, 0.717) is 6.54 Å². The van der Waals surface area contributed by atoms with E-state index >= 15 is 0 Å². The Kier molecular flexibility index (Phi) is 6.73. The molecule has 1 atom stereocenters. The summed E-state index contributed by atoms with van der Waals surface area (Å²) in [5, 5.41) is 11.5. The smallest absolute Gasteiger partial charge is 0.191 e. The van der Waals surface area contributed by atoms with Crippen LogP contribution in [0.25, 0.3) is 0 Å². The second kappa shape index (κ2) is 9.24. The minimum atomic E-state index is -0.0947. The van der Waals surface area contributed by atoms with Gasteiger partial charge in [0, 0.05) is 31.0 Å². The number of aryl methyl sites for hydroxylation is 1. The quantitative estimate of drug-likeness (QED) is 0.569. The third kappa shape index (κ3) is 5.13. The molecular formula is C22H33N5O. The van der Waals surface area contributed by atoms with Crippen LogP contribution in [0.5, 0.6) is 0 Å². The van der Waals surface area contributed by atoms with Crippen LogP contribution in [0.1, 0.15) is 49.2 Å². The summed E-state index contributed by atoms with van der Waals surface area (Å²) in [5.41, 5.74) is 4.56. The monoisotopic (exact) mass is 383 g/mol. The van der Waals surface area contributed by atoms with Crippen molar-refractivity contribution in [2.75, 3.05) is 19.7 Å². The maximum absolute atomic E-state index is 5.87. The topological polar surface area (TPSA) is 63.5 Å². The molecule has 1 unspecified atom stereocenters. The molecule has 2 heterocycles. The van der Waals surface area contributed by atoms with E-state index in [0.717, 1.165) is 50.7 Å². The minimum absolute atomic E-state index is 0.0947. The van der Waals surface area contributed by atoms with Gasteiger partial charge < -0.3 is 15.4 Å². The maximum atomic E-state index is 5.87. The molecule has 28 heavy (non-hydrogen) atoms. The van der Waals surface area contributed by atoms with Gasteiger partial charge in [-0.2, -0.15) is 5.10 Å². The first-order valence-electron chi connectivity index (χ1n) is 10.2. The van der Waals surface area contributed by atoms with Gasteiger partial charge in [-0.15, -0.1) is 0 Å². The Morgan fingerprint density at radius 3 is 2.71 bits per heavy atom. The summed E-state index contributed by atoms with van der Waals surface area (Å²) in [6.45, 7) is 12.3. The number of guanidine groups is 1. The highest BCUT2D eigenvalue weighted by Gasteiger charge is 2.29. The molecule has 0 amide bonds. The molecule has 1 aliphatic rings. The molecule has 3 rings (SSSR count). The van der Waals surface area contributed by atoms with Gasteiger partial charge in [-0.05, 0) is 46.1 Å². The van der Waals surface area contributed by atoms with Gasteiger partial charge in [0.2, 0.25) is 0 Å². The lowest BCUT2D eigenvalue weighted by Gasteiger charge is -2.24. The molecule has 2 aromatic rings. The van der Waals surface area contributed by atoms with Crippen LogP contribution in [0, 0.1) is 13.8 Å². The highest BCUT2D eigenvalue weighted by Crippen LogP contribution is 2.23. The van der Waals surface area contributed by atoms with Crippen LogP contribution in [0.3, 0.4) is 0 Å². The summed E-state index contributed by atoms with van der Waals surface area (Å²) in [7, 11) is 0. The van der Waals surface area contributed by atoms with E-state index < -0.39 is 0 Å². The highest BCUT2D eigenvalue weighted by atomic mass is 16.5. The van der Waals surface area contributed by atoms with Gasteiger partial charge in [0.25, 0.3) is 0 Å². The molecular weight excluding hydrogens is 350 g/mol. The van der Waals surface area contributed by atoms with Gasteiger partial charge in [0.05, 0.1) is 24.4 Å². The summed E-state index contributed by atoms with van der Waals surface area (Å²) in [6, 6.07) is 10.4. The average molecular weight is 384 g/mol. The van der Waals surface area contributed by atoms with Gasteiger partial charge in [-0.1, -0.05) is 30.3 Å². The number of aromatic nitrogens is 2. The van der Waals surface area contributed by atoms with Gasteiger partial charge in [0.15, 0.2) is 5.96 Å². The fourth-order valence-corrected chi connectivity index (χ4v) is 3.62. The van der Waals surface area contributed by atoms with Crippen LogP contribution in [0.15, 0.2) is 35.3 Å². The van der Waals surface area contributed by atoms with Crippen molar-refractivity contribution in [1.82, 2.24) is 20.4 Å². The molecule has 1 saturated heterocycles. The van der Waals surface area contributed by atoms with Crippen LogP contribution in [0.4, 0.5) is 0 Å². The van der Waals surface area contributed by atoms with E-state index in [-0.39, 0.29) is 5.60 Å². The average Bonchev–Trinajstić information content (AvgIpc) is 3.23. The predicted octanol–water partition coefficient (Wildman–Crippen LogP) is 3.17. The van der Waals surface area contributed by atoms with Gasteiger partial charge in [-0.3, -0.25) is 4.68 Å². The predicted molar refractivity (Wildman–Crippen MR) is 114 cm³/mol. The maximum Gasteiger partial charge on any atom is 0.191 e. The zero-order valence-electron chi connectivity index (χ0n) is 17.6. The van der Waals surface area contributed by atoms with Crippen LogP contribution < -0.4 is 10.6 Å². The Labute approximate surface area is 168 Å². The number of ether oxygens (including phenoxy) is 1. The van der Waals surface area contributed by atoms with Gasteiger partial charge in [-0.25, -0.2) is 4.99 Å². The van der Waals surface area contributed by atoms with Gasteiger partial charge >= 0.3 is 0 Å². The zero-order chi connectivity index (χ0) is 20.0. The number of rotatable bonds is 7. The van der Waals surface area contributed by atoms with Crippen molar-refractivity contribution in [1.29, 1.82) is 0 Å². The lowest BCUT2D eigenvalue weighted by atomic mass is 10.0. The lowest BCUT2D eigenvalue weighted by molar-refractivity contribution is 0.0243. The fraction of sp³-hybridized carbons (Fsp3) is 0.545. The Balaban J connectivity index is 1.68.